The molecular formula is C14H25N5OS. The Bertz CT molecular complexity index is 468. The fourth-order valence-electron chi connectivity index (χ4n) is 2.39. The van der Waals surface area contributed by atoms with Crippen molar-refractivity contribution < 1.29 is 4.79 Å². The third-order valence-corrected chi connectivity index (χ3v) is 4.44. The van der Waals surface area contributed by atoms with E-state index in [1.807, 2.05) is 13.8 Å². The number of nitrogen functional groups attached to an aromatic ring is 1. The number of anilines is 2. The van der Waals surface area contributed by atoms with Gasteiger partial charge < -0.3 is 21.3 Å². The SMILES string of the molecule is CC(C)Nc1nc(N)c(C(=O)NCCN2CCCCC2)s1. The van der Waals surface area contributed by atoms with E-state index in [0.717, 1.165) is 19.6 Å². The van der Waals surface area contributed by atoms with Crippen LogP contribution in [0.15, 0.2) is 0 Å². The van der Waals surface area contributed by atoms with Gasteiger partial charge in [-0.1, -0.05) is 17.8 Å². The van der Waals surface area contributed by atoms with Gasteiger partial charge in [0, 0.05) is 19.1 Å². The molecule has 1 aliphatic heterocycles. The largest absolute Gasteiger partial charge is 0.382 e. The number of hydrogen-bond acceptors (Lipinski definition) is 6. The van der Waals surface area contributed by atoms with E-state index in [1.165, 1.54) is 30.6 Å². The van der Waals surface area contributed by atoms with E-state index in [4.69, 9.17) is 5.73 Å². The molecule has 0 aromatic carbocycles. The predicted molar refractivity (Wildman–Crippen MR) is 87.9 cm³/mol. The average Bonchev–Trinajstić information content (AvgIpc) is 2.80. The lowest BCUT2D eigenvalue weighted by Crippen LogP contribution is -2.37. The highest BCUT2D eigenvalue weighted by Crippen LogP contribution is 2.25. The zero-order valence-electron chi connectivity index (χ0n) is 12.8. The van der Waals surface area contributed by atoms with Crippen molar-refractivity contribution in [3.63, 3.8) is 0 Å². The third-order valence-electron chi connectivity index (χ3n) is 3.43. The monoisotopic (exact) mass is 311 g/mol. The first kappa shape index (κ1) is 16.0. The van der Waals surface area contributed by atoms with E-state index in [1.54, 1.807) is 0 Å². The number of amides is 1. The van der Waals surface area contributed by atoms with Crippen LogP contribution in [0, 0.1) is 0 Å². The first-order valence-electron chi connectivity index (χ1n) is 7.59. The second-order valence-electron chi connectivity index (χ2n) is 5.69. The number of carbonyl (C=O) groups excluding carboxylic acids is 1. The minimum atomic E-state index is -0.126. The van der Waals surface area contributed by atoms with E-state index in [-0.39, 0.29) is 11.9 Å². The summed E-state index contributed by atoms with van der Waals surface area (Å²) < 4.78 is 0. The van der Waals surface area contributed by atoms with Crippen molar-refractivity contribution in [1.82, 2.24) is 15.2 Å². The van der Waals surface area contributed by atoms with Crippen LogP contribution in [-0.4, -0.2) is 48.0 Å². The van der Waals surface area contributed by atoms with Crippen molar-refractivity contribution in [2.24, 2.45) is 0 Å². The van der Waals surface area contributed by atoms with Crippen molar-refractivity contribution >= 4 is 28.2 Å². The Morgan fingerprint density at radius 2 is 2.10 bits per heavy atom. The number of likely N-dealkylation sites (tertiary alicyclic amines) is 1. The zero-order valence-corrected chi connectivity index (χ0v) is 13.6. The lowest BCUT2D eigenvalue weighted by molar-refractivity contribution is 0.0951. The number of nitrogens with one attached hydrogen (secondary N) is 2. The highest BCUT2D eigenvalue weighted by Gasteiger charge is 2.17. The van der Waals surface area contributed by atoms with Crippen LogP contribution in [-0.2, 0) is 0 Å². The maximum Gasteiger partial charge on any atom is 0.265 e. The molecule has 2 rings (SSSR count). The molecule has 1 saturated heterocycles. The molecular weight excluding hydrogens is 286 g/mol. The Morgan fingerprint density at radius 1 is 1.38 bits per heavy atom. The molecule has 4 N–H and O–H groups in total. The van der Waals surface area contributed by atoms with Crippen LogP contribution in [0.4, 0.5) is 10.9 Å². The Hall–Kier alpha value is -1.34. The molecule has 7 heteroatoms. The average molecular weight is 311 g/mol. The van der Waals surface area contributed by atoms with Crippen LogP contribution >= 0.6 is 11.3 Å². The molecule has 118 valence electrons. The standard InChI is InChI=1S/C14H25N5OS/c1-10(2)17-14-18-12(15)11(21-14)13(20)16-6-9-19-7-4-3-5-8-19/h10H,3-9,15H2,1-2H3,(H,16,20)(H,17,18). The molecule has 0 radical (unpaired) electrons. The molecule has 0 aliphatic carbocycles. The summed E-state index contributed by atoms with van der Waals surface area (Å²) in [6, 6.07) is 0.269. The molecule has 6 nitrogen and oxygen atoms in total. The van der Waals surface area contributed by atoms with Gasteiger partial charge in [0.2, 0.25) is 0 Å². The van der Waals surface area contributed by atoms with Crippen molar-refractivity contribution in [3.05, 3.63) is 4.88 Å². The van der Waals surface area contributed by atoms with Gasteiger partial charge in [-0.2, -0.15) is 0 Å². The normalized spacial score (nSPS) is 16.1. The van der Waals surface area contributed by atoms with Gasteiger partial charge in [0.05, 0.1) is 0 Å². The van der Waals surface area contributed by atoms with E-state index < -0.39 is 0 Å². The van der Waals surface area contributed by atoms with Crippen LogP contribution < -0.4 is 16.4 Å². The molecule has 0 atom stereocenters. The van der Waals surface area contributed by atoms with E-state index >= 15 is 0 Å². The fourth-order valence-corrected chi connectivity index (χ4v) is 3.34. The molecule has 0 unspecified atom stereocenters. The summed E-state index contributed by atoms with van der Waals surface area (Å²) >= 11 is 1.31. The lowest BCUT2D eigenvalue weighted by Gasteiger charge is -2.26. The van der Waals surface area contributed by atoms with Crippen molar-refractivity contribution in [3.8, 4) is 0 Å². The summed E-state index contributed by atoms with van der Waals surface area (Å²) in [5.74, 6) is 0.178. The van der Waals surface area contributed by atoms with Crippen molar-refractivity contribution in [2.75, 3.05) is 37.2 Å². The second-order valence-corrected chi connectivity index (χ2v) is 6.69. The van der Waals surface area contributed by atoms with Gasteiger partial charge in [-0.15, -0.1) is 0 Å². The van der Waals surface area contributed by atoms with Crippen molar-refractivity contribution in [2.45, 2.75) is 39.2 Å². The molecule has 2 heterocycles. The maximum absolute atomic E-state index is 12.1. The number of nitrogens with two attached hydrogens (primary N) is 1. The van der Waals surface area contributed by atoms with Gasteiger partial charge in [-0.25, -0.2) is 4.98 Å². The van der Waals surface area contributed by atoms with Crippen LogP contribution in [0.2, 0.25) is 0 Å². The van der Waals surface area contributed by atoms with Crippen LogP contribution in [0.3, 0.4) is 0 Å². The molecule has 0 spiro atoms. The van der Waals surface area contributed by atoms with Gasteiger partial charge in [0.25, 0.3) is 5.91 Å². The number of hydrogen-bond donors (Lipinski definition) is 3. The van der Waals surface area contributed by atoms with E-state index in [2.05, 4.69) is 20.5 Å². The van der Waals surface area contributed by atoms with Gasteiger partial charge in [-0.3, -0.25) is 4.79 Å². The van der Waals surface area contributed by atoms with Gasteiger partial charge in [0.1, 0.15) is 10.7 Å². The quantitative estimate of drug-likeness (QED) is 0.745. The Kier molecular flexibility index (Phi) is 5.81. The Balaban J connectivity index is 1.81. The first-order valence-corrected chi connectivity index (χ1v) is 8.41. The van der Waals surface area contributed by atoms with Crippen LogP contribution in [0.1, 0.15) is 42.8 Å². The minimum Gasteiger partial charge on any atom is -0.382 e. The molecule has 1 amide bonds. The summed E-state index contributed by atoms with van der Waals surface area (Å²) in [6.45, 7) is 7.89. The molecule has 1 aliphatic rings. The third kappa shape index (κ3) is 4.86. The van der Waals surface area contributed by atoms with E-state index in [0.29, 0.717) is 22.4 Å². The number of thiazole rings is 1. The zero-order chi connectivity index (χ0) is 15.2. The number of carbonyl (C=O) groups is 1. The molecule has 21 heavy (non-hydrogen) atoms. The summed E-state index contributed by atoms with van der Waals surface area (Å²) in [5.41, 5.74) is 5.82. The van der Waals surface area contributed by atoms with Gasteiger partial charge in [-0.05, 0) is 39.8 Å². The molecule has 0 bridgehead atoms. The van der Waals surface area contributed by atoms with Crippen LogP contribution in [0.5, 0.6) is 0 Å². The number of aromatic nitrogens is 1. The number of rotatable bonds is 6. The summed E-state index contributed by atoms with van der Waals surface area (Å²) in [6.07, 6.45) is 3.85. The molecule has 0 saturated carbocycles. The van der Waals surface area contributed by atoms with Gasteiger partial charge >= 0.3 is 0 Å². The minimum absolute atomic E-state index is 0.126. The Labute approximate surface area is 130 Å². The van der Waals surface area contributed by atoms with E-state index in [9.17, 15) is 4.79 Å². The molecule has 1 aromatic heterocycles. The first-order chi connectivity index (χ1) is 10.1. The fraction of sp³-hybridized carbons (Fsp3) is 0.714. The highest BCUT2D eigenvalue weighted by molar-refractivity contribution is 7.18. The summed E-state index contributed by atoms with van der Waals surface area (Å²) in [5, 5.41) is 6.80. The van der Waals surface area contributed by atoms with Crippen LogP contribution in [0.25, 0.3) is 0 Å². The smallest absolute Gasteiger partial charge is 0.265 e. The second kappa shape index (κ2) is 7.61. The lowest BCUT2D eigenvalue weighted by atomic mass is 10.1. The summed E-state index contributed by atoms with van der Waals surface area (Å²) in [4.78, 5) is 19.2. The predicted octanol–water partition coefficient (Wildman–Crippen LogP) is 1.76. The maximum atomic E-state index is 12.1. The number of nitrogens with zero attached hydrogens (tertiary/aromatic N) is 2. The van der Waals surface area contributed by atoms with Gasteiger partial charge in [0.15, 0.2) is 5.13 Å². The summed E-state index contributed by atoms with van der Waals surface area (Å²) in [7, 11) is 0. The highest BCUT2D eigenvalue weighted by atomic mass is 32.1. The molecule has 1 aromatic rings. The van der Waals surface area contributed by atoms with Crippen molar-refractivity contribution in [1.29, 1.82) is 0 Å². The molecule has 1 fully saturated rings. The topological polar surface area (TPSA) is 83.3 Å². The Morgan fingerprint density at radius 3 is 2.76 bits per heavy atom. The number of piperidine rings is 1.